The van der Waals surface area contributed by atoms with Crippen molar-refractivity contribution in [2.24, 2.45) is 0 Å². The van der Waals surface area contributed by atoms with Crippen LogP contribution in [0.3, 0.4) is 0 Å². The van der Waals surface area contributed by atoms with Crippen LogP contribution in [0.25, 0.3) is 11.3 Å². The number of carbonyl (C=O) groups excluding carboxylic acids is 1. The summed E-state index contributed by atoms with van der Waals surface area (Å²) in [5, 5.41) is 15.0. The minimum atomic E-state index is -0.442. The first-order valence-electron chi connectivity index (χ1n) is 11.7. The van der Waals surface area contributed by atoms with Crippen molar-refractivity contribution >= 4 is 40.5 Å². The normalized spacial score (nSPS) is 14.5. The minimum Gasteiger partial charge on any atom is -0.360 e. The van der Waals surface area contributed by atoms with Crippen LogP contribution in [-0.2, 0) is 4.79 Å². The van der Waals surface area contributed by atoms with Gasteiger partial charge in [0.05, 0.1) is 11.4 Å². The summed E-state index contributed by atoms with van der Waals surface area (Å²) in [7, 11) is 5.79. The van der Waals surface area contributed by atoms with Crippen LogP contribution < -0.4 is 15.5 Å². The smallest absolute Gasteiger partial charge is 0.226 e. The van der Waals surface area contributed by atoms with E-state index in [9.17, 15) is 9.18 Å². The highest BCUT2D eigenvalue weighted by atomic mass is 35.5. The molecule has 3 heterocycles. The Morgan fingerprint density at radius 3 is 2.64 bits per heavy atom. The number of likely N-dealkylation sites (N-methyl/N-ethyl adjacent to an activating group) is 1. The molecule has 1 saturated heterocycles. The van der Waals surface area contributed by atoms with Crippen LogP contribution in [0.2, 0.25) is 5.02 Å². The number of nitrogens with one attached hydrogen (secondary N) is 2. The Bertz CT molecular complexity index is 1220. The fraction of sp³-hybridized carbons (Fsp3) is 0.360. The van der Waals surface area contributed by atoms with Crippen LogP contribution in [0.1, 0.15) is 6.42 Å². The number of carbonyl (C=O) groups is 1. The third-order valence-corrected chi connectivity index (χ3v) is 6.19. The van der Waals surface area contributed by atoms with E-state index in [1.165, 1.54) is 18.2 Å². The van der Waals surface area contributed by atoms with Gasteiger partial charge in [0.15, 0.2) is 5.82 Å². The summed E-state index contributed by atoms with van der Waals surface area (Å²) in [5.41, 5.74) is 1.90. The molecule has 0 atom stereocenters. The van der Waals surface area contributed by atoms with Crippen molar-refractivity contribution in [2.45, 2.75) is 6.42 Å². The van der Waals surface area contributed by atoms with Crippen molar-refractivity contribution in [3.63, 3.8) is 0 Å². The molecule has 0 bridgehead atoms. The largest absolute Gasteiger partial charge is 0.360 e. The Balaban J connectivity index is 1.47. The van der Waals surface area contributed by atoms with Gasteiger partial charge in [0.2, 0.25) is 5.91 Å². The van der Waals surface area contributed by atoms with Gasteiger partial charge < -0.3 is 25.3 Å². The lowest BCUT2D eigenvalue weighted by atomic mass is 10.1. The highest BCUT2D eigenvalue weighted by molar-refractivity contribution is 6.30. The number of aromatic nitrogens is 3. The number of halogens is 2. The molecular formula is C25H30ClFN8O. The van der Waals surface area contributed by atoms with Gasteiger partial charge in [0.1, 0.15) is 11.6 Å². The molecule has 1 aliphatic rings. The summed E-state index contributed by atoms with van der Waals surface area (Å²) >= 11 is 6.06. The molecule has 2 aromatic heterocycles. The molecule has 1 aromatic carbocycles. The molecule has 4 rings (SSSR count). The maximum absolute atomic E-state index is 14.4. The Labute approximate surface area is 215 Å². The van der Waals surface area contributed by atoms with E-state index in [1.807, 2.05) is 14.1 Å². The van der Waals surface area contributed by atoms with Gasteiger partial charge in [-0.1, -0.05) is 11.6 Å². The Morgan fingerprint density at radius 2 is 1.89 bits per heavy atom. The molecule has 2 N–H and O–H groups in total. The predicted octanol–water partition coefficient (Wildman–Crippen LogP) is 3.72. The molecule has 9 nitrogen and oxygen atoms in total. The SMILES string of the molecule is CN1CCN(CCC(=O)Nc2cc(Nc3cc(-c4cc(Cl)ccc4F)nnc3N(C)C)ccn2)CC1. The van der Waals surface area contributed by atoms with Gasteiger partial charge in [0, 0.05) is 81.8 Å². The molecule has 190 valence electrons. The molecule has 11 heteroatoms. The fourth-order valence-corrected chi connectivity index (χ4v) is 4.07. The van der Waals surface area contributed by atoms with Gasteiger partial charge in [-0.3, -0.25) is 4.79 Å². The molecular weight excluding hydrogens is 483 g/mol. The zero-order valence-electron chi connectivity index (χ0n) is 20.6. The van der Waals surface area contributed by atoms with Crippen molar-refractivity contribution in [1.82, 2.24) is 25.0 Å². The Hall–Kier alpha value is -3.34. The van der Waals surface area contributed by atoms with Crippen molar-refractivity contribution in [1.29, 1.82) is 0 Å². The van der Waals surface area contributed by atoms with Crippen LogP contribution in [0.15, 0.2) is 42.6 Å². The molecule has 36 heavy (non-hydrogen) atoms. The molecule has 1 amide bonds. The predicted molar refractivity (Wildman–Crippen MR) is 141 cm³/mol. The molecule has 0 aliphatic carbocycles. The van der Waals surface area contributed by atoms with Gasteiger partial charge in [-0.2, -0.15) is 0 Å². The van der Waals surface area contributed by atoms with Crippen LogP contribution >= 0.6 is 11.6 Å². The molecule has 0 spiro atoms. The number of nitrogens with zero attached hydrogens (tertiary/aromatic N) is 6. The Kier molecular flexibility index (Phi) is 8.29. The highest BCUT2D eigenvalue weighted by Gasteiger charge is 2.16. The number of piperazine rings is 1. The molecule has 0 saturated carbocycles. The number of anilines is 4. The van der Waals surface area contributed by atoms with E-state index in [0.29, 0.717) is 40.1 Å². The zero-order chi connectivity index (χ0) is 25.7. The van der Waals surface area contributed by atoms with Crippen molar-refractivity contribution in [3.05, 3.63) is 53.4 Å². The summed E-state index contributed by atoms with van der Waals surface area (Å²) in [4.78, 5) is 23.2. The average Bonchev–Trinajstić information content (AvgIpc) is 2.85. The minimum absolute atomic E-state index is 0.0862. The van der Waals surface area contributed by atoms with E-state index < -0.39 is 5.82 Å². The molecule has 3 aromatic rings. The van der Waals surface area contributed by atoms with Crippen molar-refractivity contribution in [3.8, 4) is 11.3 Å². The van der Waals surface area contributed by atoms with E-state index in [-0.39, 0.29) is 11.5 Å². The first-order chi connectivity index (χ1) is 17.3. The second kappa shape index (κ2) is 11.6. The number of amides is 1. The second-order valence-electron chi connectivity index (χ2n) is 8.98. The van der Waals surface area contributed by atoms with Gasteiger partial charge in [-0.15, -0.1) is 10.2 Å². The number of benzene rings is 1. The first-order valence-corrected chi connectivity index (χ1v) is 12.1. The standard InChI is InChI=1S/C25H30ClFN8O/c1-33(2)25-22(16-21(31-32-25)19-14-17(26)4-5-20(19)27)29-18-6-8-28-23(15-18)30-24(36)7-9-35-12-10-34(3)11-13-35/h4-6,8,14-16H,7,9-13H2,1-3H3,(H2,28,29,30,31,36). The zero-order valence-corrected chi connectivity index (χ0v) is 21.4. The lowest BCUT2D eigenvalue weighted by Crippen LogP contribution is -2.45. The lowest BCUT2D eigenvalue weighted by Gasteiger charge is -2.32. The molecule has 0 unspecified atom stereocenters. The third-order valence-electron chi connectivity index (χ3n) is 5.96. The maximum atomic E-state index is 14.4. The number of hydrogen-bond acceptors (Lipinski definition) is 8. The molecule has 1 fully saturated rings. The van der Waals surface area contributed by atoms with Crippen LogP contribution in [0.5, 0.6) is 0 Å². The first kappa shape index (κ1) is 25.7. The number of hydrogen-bond donors (Lipinski definition) is 2. The van der Waals surface area contributed by atoms with Crippen molar-refractivity contribution < 1.29 is 9.18 Å². The number of rotatable bonds is 8. The lowest BCUT2D eigenvalue weighted by molar-refractivity contribution is -0.116. The Morgan fingerprint density at radius 1 is 1.11 bits per heavy atom. The monoisotopic (exact) mass is 512 g/mol. The third kappa shape index (κ3) is 6.66. The number of pyridine rings is 1. The van der Waals surface area contributed by atoms with E-state index in [1.54, 1.807) is 29.3 Å². The maximum Gasteiger partial charge on any atom is 0.226 e. The van der Waals surface area contributed by atoms with E-state index in [0.717, 1.165) is 32.7 Å². The quantitative estimate of drug-likeness (QED) is 0.472. The second-order valence-corrected chi connectivity index (χ2v) is 9.42. The topological polar surface area (TPSA) is 89.5 Å². The van der Waals surface area contributed by atoms with Crippen LogP contribution in [0.4, 0.5) is 27.4 Å². The summed E-state index contributed by atoms with van der Waals surface area (Å²) in [6, 6.07) is 9.54. The van der Waals surface area contributed by atoms with Gasteiger partial charge >= 0.3 is 0 Å². The summed E-state index contributed by atoms with van der Waals surface area (Å²) in [6.45, 7) is 4.69. The van der Waals surface area contributed by atoms with Crippen molar-refractivity contribution in [2.75, 3.05) is 69.4 Å². The van der Waals surface area contributed by atoms with E-state index >= 15 is 0 Å². The fourth-order valence-electron chi connectivity index (χ4n) is 3.90. The van der Waals surface area contributed by atoms with Gasteiger partial charge in [-0.05, 0) is 37.4 Å². The van der Waals surface area contributed by atoms with Gasteiger partial charge in [-0.25, -0.2) is 9.37 Å². The van der Waals surface area contributed by atoms with Gasteiger partial charge in [0.25, 0.3) is 0 Å². The highest BCUT2D eigenvalue weighted by Crippen LogP contribution is 2.31. The summed E-state index contributed by atoms with van der Waals surface area (Å²) in [5.74, 6) is 0.480. The molecule has 1 aliphatic heterocycles. The van der Waals surface area contributed by atoms with Crippen LogP contribution in [-0.4, -0.2) is 84.8 Å². The van der Waals surface area contributed by atoms with Crippen LogP contribution in [0, 0.1) is 5.82 Å². The summed E-state index contributed by atoms with van der Waals surface area (Å²) in [6.07, 6.45) is 2.01. The van der Waals surface area contributed by atoms with E-state index in [2.05, 4.69) is 42.7 Å². The molecule has 0 radical (unpaired) electrons. The van der Waals surface area contributed by atoms with E-state index in [4.69, 9.17) is 11.6 Å². The summed E-state index contributed by atoms with van der Waals surface area (Å²) < 4.78 is 14.4. The average molecular weight is 513 g/mol.